The van der Waals surface area contributed by atoms with Crippen molar-refractivity contribution in [3.63, 3.8) is 0 Å². The van der Waals surface area contributed by atoms with Gasteiger partial charge in [0.15, 0.2) is 0 Å². The number of benzene rings is 3. The number of rotatable bonds is 8. The number of carbonyl (C=O) groups is 2. The van der Waals surface area contributed by atoms with E-state index in [0.29, 0.717) is 11.3 Å². The molecule has 0 fully saturated rings. The fourth-order valence-corrected chi connectivity index (χ4v) is 4.31. The van der Waals surface area contributed by atoms with E-state index in [1.165, 1.54) is 11.1 Å². The summed E-state index contributed by atoms with van der Waals surface area (Å²) in [6.45, 7) is 5.63. The second-order valence-corrected chi connectivity index (χ2v) is 9.03. The van der Waals surface area contributed by atoms with Crippen LogP contribution in [0.25, 0.3) is 0 Å². The smallest absolute Gasteiger partial charge is 0.253 e. The Labute approximate surface area is 207 Å². The van der Waals surface area contributed by atoms with Crippen LogP contribution in [0.15, 0.2) is 66.7 Å². The molecule has 4 rings (SSSR count). The fraction of sp³-hybridized carbons (Fsp3) is 0.310. The van der Waals surface area contributed by atoms with Crippen LogP contribution in [0.4, 0.5) is 11.4 Å². The predicted molar refractivity (Wildman–Crippen MR) is 140 cm³/mol. The lowest BCUT2D eigenvalue weighted by molar-refractivity contribution is -0.115. The molecule has 0 aromatic heterocycles. The van der Waals surface area contributed by atoms with Gasteiger partial charge >= 0.3 is 0 Å². The molecule has 35 heavy (non-hydrogen) atoms. The summed E-state index contributed by atoms with van der Waals surface area (Å²) < 4.78 is 5.18. The van der Waals surface area contributed by atoms with Gasteiger partial charge in [-0.15, -0.1) is 0 Å². The molecule has 1 heterocycles. The minimum Gasteiger partial charge on any atom is -0.497 e. The van der Waals surface area contributed by atoms with Gasteiger partial charge in [0, 0.05) is 30.5 Å². The summed E-state index contributed by atoms with van der Waals surface area (Å²) in [4.78, 5) is 28.2. The quantitative estimate of drug-likeness (QED) is 0.487. The van der Waals surface area contributed by atoms with Crippen molar-refractivity contribution in [1.82, 2.24) is 5.32 Å². The summed E-state index contributed by atoms with van der Waals surface area (Å²) >= 11 is 0. The van der Waals surface area contributed by atoms with E-state index in [0.717, 1.165) is 42.9 Å². The van der Waals surface area contributed by atoms with Crippen LogP contribution in [0, 0.1) is 0 Å². The van der Waals surface area contributed by atoms with Crippen LogP contribution in [0.2, 0.25) is 0 Å². The van der Waals surface area contributed by atoms with Gasteiger partial charge in [-0.3, -0.25) is 9.59 Å². The summed E-state index contributed by atoms with van der Waals surface area (Å²) in [6, 6.07) is 21.6. The largest absolute Gasteiger partial charge is 0.497 e. The molecule has 6 nitrogen and oxygen atoms in total. The summed E-state index contributed by atoms with van der Waals surface area (Å²) in [5.41, 5.74) is 5.60. The van der Waals surface area contributed by atoms with Crippen LogP contribution in [-0.2, 0) is 24.2 Å². The Balaban J connectivity index is 1.55. The maximum Gasteiger partial charge on any atom is 0.253 e. The SMILES string of the molecule is CCC(C)NC(=O)c1cc(NC(=O)Cc2ccc(OC)cc2)ccc1N1CCc2ccccc2C1. The van der Waals surface area contributed by atoms with Crippen LogP contribution < -0.4 is 20.3 Å². The van der Waals surface area contributed by atoms with Gasteiger partial charge in [0.05, 0.1) is 19.1 Å². The van der Waals surface area contributed by atoms with E-state index in [-0.39, 0.29) is 24.3 Å². The van der Waals surface area contributed by atoms with Crippen LogP contribution in [0.5, 0.6) is 5.75 Å². The third-order valence-electron chi connectivity index (χ3n) is 6.51. The summed E-state index contributed by atoms with van der Waals surface area (Å²) in [7, 11) is 1.61. The van der Waals surface area contributed by atoms with Crippen LogP contribution in [-0.4, -0.2) is 31.5 Å². The van der Waals surface area contributed by atoms with Crippen molar-refractivity contribution >= 4 is 23.2 Å². The number of carbonyl (C=O) groups excluding carboxylic acids is 2. The number of hydrogen-bond acceptors (Lipinski definition) is 4. The van der Waals surface area contributed by atoms with E-state index in [4.69, 9.17) is 4.74 Å². The summed E-state index contributed by atoms with van der Waals surface area (Å²) in [5.74, 6) is 0.490. The van der Waals surface area contributed by atoms with Gasteiger partial charge in [-0.1, -0.05) is 43.3 Å². The average molecular weight is 472 g/mol. The zero-order valence-electron chi connectivity index (χ0n) is 20.6. The minimum atomic E-state index is -0.136. The maximum atomic E-state index is 13.3. The lowest BCUT2D eigenvalue weighted by Crippen LogP contribution is -2.35. The highest BCUT2D eigenvalue weighted by molar-refractivity contribution is 6.02. The first-order valence-electron chi connectivity index (χ1n) is 12.2. The summed E-state index contributed by atoms with van der Waals surface area (Å²) in [6.07, 6.45) is 2.02. The van der Waals surface area contributed by atoms with Crippen LogP contribution in [0.1, 0.15) is 47.3 Å². The number of anilines is 2. The van der Waals surface area contributed by atoms with Crippen molar-refractivity contribution in [1.29, 1.82) is 0 Å². The van der Waals surface area contributed by atoms with E-state index >= 15 is 0 Å². The van der Waals surface area contributed by atoms with Crippen molar-refractivity contribution < 1.29 is 14.3 Å². The molecule has 1 aliphatic rings. The van der Waals surface area contributed by atoms with Gasteiger partial charge in [0.1, 0.15) is 5.75 Å². The molecule has 0 spiro atoms. The lowest BCUT2D eigenvalue weighted by Gasteiger charge is -2.32. The fourth-order valence-electron chi connectivity index (χ4n) is 4.31. The average Bonchev–Trinajstić information content (AvgIpc) is 2.88. The Hall–Kier alpha value is -3.80. The summed E-state index contributed by atoms with van der Waals surface area (Å²) in [5, 5.41) is 6.04. The van der Waals surface area contributed by atoms with Crippen molar-refractivity contribution in [3.05, 3.63) is 89.0 Å². The Bertz CT molecular complexity index is 1190. The van der Waals surface area contributed by atoms with E-state index < -0.39 is 0 Å². The highest BCUT2D eigenvalue weighted by atomic mass is 16.5. The third kappa shape index (κ3) is 6.01. The molecule has 2 N–H and O–H groups in total. The number of amides is 2. The Morgan fingerprint density at radius 3 is 2.49 bits per heavy atom. The van der Waals surface area contributed by atoms with Gasteiger partial charge in [-0.2, -0.15) is 0 Å². The number of fused-ring (bicyclic) bond motifs is 1. The number of hydrogen-bond donors (Lipinski definition) is 2. The van der Waals surface area contributed by atoms with Gasteiger partial charge in [0.2, 0.25) is 5.91 Å². The molecule has 6 heteroatoms. The third-order valence-corrected chi connectivity index (χ3v) is 6.51. The second-order valence-electron chi connectivity index (χ2n) is 9.03. The first-order valence-corrected chi connectivity index (χ1v) is 12.2. The topological polar surface area (TPSA) is 70.7 Å². The van der Waals surface area contributed by atoms with Crippen molar-refractivity contribution in [3.8, 4) is 5.75 Å². The Kier molecular flexibility index (Phi) is 7.70. The monoisotopic (exact) mass is 471 g/mol. The molecule has 1 unspecified atom stereocenters. The molecular formula is C29H33N3O3. The number of nitrogens with zero attached hydrogens (tertiary/aromatic N) is 1. The number of methoxy groups -OCH3 is 1. The maximum absolute atomic E-state index is 13.3. The Morgan fingerprint density at radius 2 is 1.77 bits per heavy atom. The molecule has 0 saturated carbocycles. The van der Waals surface area contributed by atoms with E-state index in [2.05, 4.69) is 39.8 Å². The first kappa shape index (κ1) is 24.3. The Morgan fingerprint density at radius 1 is 1.03 bits per heavy atom. The van der Waals surface area contributed by atoms with E-state index in [1.807, 2.05) is 50.2 Å². The molecule has 0 bridgehead atoms. The molecule has 1 aliphatic heterocycles. The standard InChI is InChI=1S/C29H33N3O3/c1-4-20(2)30-29(34)26-18-24(31-28(33)17-21-9-12-25(35-3)13-10-21)11-14-27(26)32-16-15-22-7-5-6-8-23(22)19-32/h5-14,18,20H,4,15-17,19H2,1-3H3,(H,30,34)(H,31,33). The van der Waals surface area contributed by atoms with E-state index in [1.54, 1.807) is 13.2 Å². The van der Waals surface area contributed by atoms with Crippen molar-refractivity contribution in [2.75, 3.05) is 23.9 Å². The van der Waals surface area contributed by atoms with Gasteiger partial charge < -0.3 is 20.3 Å². The number of nitrogens with one attached hydrogen (secondary N) is 2. The van der Waals surface area contributed by atoms with Crippen molar-refractivity contribution in [2.45, 2.75) is 45.7 Å². The molecule has 182 valence electrons. The zero-order valence-corrected chi connectivity index (χ0v) is 20.6. The second kappa shape index (κ2) is 11.1. The normalized spacial score (nSPS) is 13.5. The highest BCUT2D eigenvalue weighted by Gasteiger charge is 2.22. The molecular weight excluding hydrogens is 438 g/mol. The van der Waals surface area contributed by atoms with Gasteiger partial charge in [-0.05, 0) is 66.8 Å². The molecule has 3 aromatic rings. The lowest BCUT2D eigenvalue weighted by atomic mass is 9.98. The zero-order chi connectivity index (χ0) is 24.8. The molecule has 2 amide bonds. The molecule has 0 aliphatic carbocycles. The van der Waals surface area contributed by atoms with E-state index in [9.17, 15) is 9.59 Å². The minimum absolute atomic E-state index is 0.0609. The van der Waals surface area contributed by atoms with Crippen LogP contribution in [0.3, 0.4) is 0 Å². The molecule has 0 radical (unpaired) electrons. The van der Waals surface area contributed by atoms with Crippen molar-refractivity contribution in [2.24, 2.45) is 0 Å². The highest BCUT2D eigenvalue weighted by Crippen LogP contribution is 2.30. The molecule has 3 aromatic carbocycles. The molecule has 1 atom stereocenters. The molecule has 0 saturated heterocycles. The van der Waals surface area contributed by atoms with Gasteiger partial charge in [0.25, 0.3) is 5.91 Å². The van der Waals surface area contributed by atoms with Gasteiger partial charge in [-0.25, -0.2) is 0 Å². The first-order chi connectivity index (χ1) is 17.0. The predicted octanol–water partition coefficient (Wildman–Crippen LogP) is 4.97. The number of ether oxygens (including phenoxy) is 1. The van der Waals surface area contributed by atoms with Crippen LogP contribution >= 0.6 is 0 Å².